The van der Waals surface area contributed by atoms with Crippen LogP contribution in [0.3, 0.4) is 0 Å². The Morgan fingerprint density at radius 3 is 2.61 bits per heavy atom. The molecule has 5 nitrogen and oxygen atoms in total. The van der Waals surface area contributed by atoms with Gasteiger partial charge in [0.05, 0.1) is 17.3 Å². The molecule has 4 aromatic rings. The molecular formula is C23H18N4O. The first-order chi connectivity index (χ1) is 13.5. The van der Waals surface area contributed by atoms with E-state index in [0.29, 0.717) is 11.1 Å². The number of carbonyl (C=O) groups is 1. The number of imidazole rings is 1. The van der Waals surface area contributed by atoms with E-state index in [-0.39, 0.29) is 5.91 Å². The molecule has 28 heavy (non-hydrogen) atoms. The van der Waals surface area contributed by atoms with Crippen molar-refractivity contribution in [1.82, 2.24) is 9.38 Å². The molecular weight excluding hydrogens is 348 g/mol. The molecule has 0 aliphatic rings. The Balaban J connectivity index is 1.64. The van der Waals surface area contributed by atoms with Gasteiger partial charge in [-0.05, 0) is 67.4 Å². The number of fused-ring (bicyclic) bond motifs is 1. The number of nitrogens with zero attached hydrogens (tertiary/aromatic N) is 3. The Bertz CT molecular complexity index is 1230. The van der Waals surface area contributed by atoms with Gasteiger partial charge in [0.15, 0.2) is 0 Å². The number of rotatable bonds is 3. The fourth-order valence-corrected chi connectivity index (χ4v) is 3.03. The lowest BCUT2D eigenvalue weighted by Crippen LogP contribution is -2.12. The largest absolute Gasteiger partial charge is 0.322 e. The topological polar surface area (TPSA) is 70.2 Å². The molecule has 136 valence electrons. The third kappa shape index (κ3) is 3.36. The van der Waals surface area contributed by atoms with Gasteiger partial charge in [-0.25, -0.2) is 4.98 Å². The predicted octanol–water partition coefficient (Wildman–Crippen LogP) is 4.74. The molecule has 0 radical (unpaired) electrons. The summed E-state index contributed by atoms with van der Waals surface area (Å²) in [5.74, 6) is -0.213. The molecule has 0 atom stereocenters. The summed E-state index contributed by atoms with van der Waals surface area (Å²) >= 11 is 0. The molecule has 1 N–H and O–H groups in total. The van der Waals surface area contributed by atoms with Crippen LogP contribution in [0.15, 0.2) is 67.0 Å². The zero-order valence-corrected chi connectivity index (χ0v) is 15.6. The van der Waals surface area contributed by atoms with Crippen LogP contribution in [0.2, 0.25) is 0 Å². The molecule has 0 saturated heterocycles. The molecule has 0 spiro atoms. The van der Waals surface area contributed by atoms with Crippen LogP contribution < -0.4 is 5.32 Å². The number of nitrogens with one attached hydrogen (secondary N) is 1. The molecule has 1 amide bonds. The second-order valence-corrected chi connectivity index (χ2v) is 6.77. The summed E-state index contributed by atoms with van der Waals surface area (Å²) in [6, 6.07) is 18.6. The lowest BCUT2D eigenvalue weighted by molar-refractivity contribution is 0.102. The van der Waals surface area contributed by atoms with Gasteiger partial charge in [0.25, 0.3) is 5.91 Å². The number of nitriles is 1. The monoisotopic (exact) mass is 366 g/mol. The number of aryl methyl sites for hydroxylation is 2. The molecule has 0 fully saturated rings. The number of benzene rings is 2. The Morgan fingerprint density at radius 1 is 1.07 bits per heavy atom. The normalized spacial score (nSPS) is 10.6. The smallest absolute Gasteiger partial charge is 0.255 e. The molecule has 0 unspecified atom stereocenters. The van der Waals surface area contributed by atoms with Crippen molar-refractivity contribution in [1.29, 1.82) is 5.26 Å². The van der Waals surface area contributed by atoms with E-state index >= 15 is 0 Å². The summed E-state index contributed by atoms with van der Waals surface area (Å²) in [4.78, 5) is 17.3. The van der Waals surface area contributed by atoms with Crippen LogP contribution in [0.4, 0.5) is 5.69 Å². The summed E-state index contributed by atoms with van der Waals surface area (Å²) in [6.07, 6.45) is 3.97. The molecule has 5 heteroatoms. The van der Waals surface area contributed by atoms with Gasteiger partial charge >= 0.3 is 0 Å². The second-order valence-electron chi connectivity index (χ2n) is 6.77. The third-order valence-corrected chi connectivity index (χ3v) is 4.67. The van der Waals surface area contributed by atoms with Gasteiger partial charge in [-0.2, -0.15) is 5.26 Å². The summed E-state index contributed by atoms with van der Waals surface area (Å²) in [6.45, 7) is 3.99. The van der Waals surface area contributed by atoms with Crippen molar-refractivity contribution < 1.29 is 4.79 Å². The predicted molar refractivity (Wildman–Crippen MR) is 109 cm³/mol. The van der Waals surface area contributed by atoms with Gasteiger partial charge < -0.3 is 9.72 Å². The number of anilines is 1. The zero-order chi connectivity index (χ0) is 19.7. The van der Waals surface area contributed by atoms with Crippen molar-refractivity contribution in [2.75, 3.05) is 5.32 Å². The lowest BCUT2D eigenvalue weighted by Gasteiger charge is -2.10. The average molecular weight is 366 g/mol. The van der Waals surface area contributed by atoms with E-state index < -0.39 is 0 Å². The summed E-state index contributed by atoms with van der Waals surface area (Å²) in [5, 5.41) is 11.8. The maximum atomic E-state index is 12.6. The fraction of sp³-hybridized carbons (Fsp3) is 0.0870. The van der Waals surface area contributed by atoms with E-state index in [1.54, 1.807) is 24.3 Å². The lowest BCUT2D eigenvalue weighted by atomic mass is 10.1. The van der Waals surface area contributed by atoms with Gasteiger partial charge in [-0.1, -0.05) is 12.1 Å². The van der Waals surface area contributed by atoms with E-state index in [9.17, 15) is 4.79 Å². The van der Waals surface area contributed by atoms with Crippen molar-refractivity contribution in [2.24, 2.45) is 0 Å². The molecule has 0 saturated carbocycles. The highest BCUT2D eigenvalue weighted by molar-refractivity contribution is 6.05. The third-order valence-electron chi connectivity index (χ3n) is 4.67. The number of aromatic nitrogens is 2. The van der Waals surface area contributed by atoms with Crippen LogP contribution in [0.1, 0.15) is 27.0 Å². The van der Waals surface area contributed by atoms with E-state index in [0.717, 1.165) is 33.7 Å². The van der Waals surface area contributed by atoms with Crippen LogP contribution in [0, 0.1) is 25.2 Å². The van der Waals surface area contributed by atoms with Crippen molar-refractivity contribution in [3.05, 3.63) is 89.2 Å². The minimum absolute atomic E-state index is 0.213. The first-order valence-electron chi connectivity index (χ1n) is 8.91. The Morgan fingerprint density at radius 2 is 1.86 bits per heavy atom. The Labute approximate surface area is 162 Å². The minimum Gasteiger partial charge on any atom is -0.322 e. The standard InChI is InChI=1S/C23H18N4O/c1-15-9-10-27-14-21(25-22(27)11-15)19-6-3-16(2)20(12-19)26-23(28)18-7-4-17(13-24)5-8-18/h3-12,14H,1-2H3,(H,26,28). The zero-order valence-electron chi connectivity index (χ0n) is 15.6. The van der Waals surface area contributed by atoms with Gasteiger partial charge in [0.2, 0.25) is 0 Å². The number of amides is 1. The van der Waals surface area contributed by atoms with Crippen molar-refractivity contribution in [3.8, 4) is 17.3 Å². The highest BCUT2D eigenvalue weighted by atomic mass is 16.1. The van der Waals surface area contributed by atoms with Crippen LogP contribution >= 0.6 is 0 Å². The van der Waals surface area contributed by atoms with Gasteiger partial charge in [0.1, 0.15) is 5.65 Å². The number of pyridine rings is 1. The molecule has 0 aliphatic heterocycles. The second kappa shape index (κ2) is 7.01. The summed E-state index contributed by atoms with van der Waals surface area (Å²) in [5.41, 5.74) is 6.55. The van der Waals surface area contributed by atoms with Gasteiger partial charge in [0, 0.05) is 29.2 Å². The molecule has 0 aliphatic carbocycles. The summed E-state index contributed by atoms with van der Waals surface area (Å²) < 4.78 is 1.98. The maximum Gasteiger partial charge on any atom is 0.255 e. The average Bonchev–Trinajstić information content (AvgIpc) is 3.12. The minimum atomic E-state index is -0.213. The molecule has 2 aromatic heterocycles. The van der Waals surface area contributed by atoms with Gasteiger partial charge in [-0.15, -0.1) is 0 Å². The van der Waals surface area contributed by atoms with E-state index in [4.69, 9.17) is 10.2 Å². The number of hydrogen-bond donors (Lipinski definition) is 1. The SMILES string of the molecule is Cc1ccn2cc(-c3ccc(C)c(NC(=O)c4ccc(C#N)cc4)c3)nc2c1. The summed E-state index contributed by atoms with van der Waals surface area (Å²) in [7, 11) is 0. The van der Waals surface area contributed by atoms with Crippen LogP contribution in [-0.2, 0) is 0 Å². The van der Waals surface area contributed by atoms with Crippen LogP contribution in [0.5, 0.6) is 0 Å². The van der Waals surface area contributed by atoms with Crippen LogP contribution in [-0.4, -0.2) is 15.3 Å². The highest BCUT2D eigenvalue weighted by Gasteiger charge is 2.11. The van der Waals surface area contributed by atoms with Crippen molar-refractivity contribution in [3.63, 3.8) is 0 Å². The fourth-order valence-electron chi connectivity index (χ4n) is 3.03. The molecule has 4 rings (SSSR count). The number of carbonyl (C=O) groups excluding carboxylic acids is 1. The molecule has 0 bridgehead atoms. The quantitative estimate of drug-likeness (QED) is 0.569. The van der Waals surface area contributed by atoms with Crippen molar-refractivity contribution >= 4 is 17.2 Å². The first-order valence-corrected chi connectivity index (χ1v) is 8.91. The molecule has 2 aromatic carbocycles. The maximum absolute atomic E-state index is 12.6. The van der Waals surface area contributed by atoms with Crippen LogP contribution in [0.25, 0.3) is 16.9 Å². The first kappa shape index (κ1) is 17.5. The Hall–Kier alpha value is -3.91. The van der Waals surface area contributed by atoms with Gasteiger partial charge in [-0.3, -0.25) is 4.79 Å². The van der Waals surface area contributed by atoms with Crippen molar-refractivity contribution in [2.45, 2.75) is 13.8 Å². The van der Waals surface area contributed by atoms with E-state index in [1.807, 2.05) is 61.0 Å². The highest BCUT2D eigenvalue weighted by Crippen LogP contribution is 2.26. The van der Waals surface area contributed by atoms with E-state index in [2.05, 4.69) is 11.4 Å². The Kier molecular flexibility index (Phi) is 4.38. The molecule has 2 heterocycles. The van der Waals surface area contributed by atoms with E-state index in [1.165, 1.54) is 0 Å². The number of hydrogen-bond acceptors (Lipinski definition) is 3.